The Bertz CT molecular complexity index is 762. The van der Waals surface area contributed by atoms with Gasteiger partial charge < -0.3 is 5.11 Å². The van der Waals surface area contributed by atoms with E-state index in [9.17, 15) is 5.11 Å². The lowest BCUT2D eigenvalue weighted by Gasteiger charge is -2.02. The Morgan fingerprint density at radius 1 is 1.00 bits per heavy atom. The van der Waals surface area contributed by atoms with Crippen LogP contribution in [0.3, 0.4) is 0 Å². The van der Waals surface area contributed by atoms with E-state index >= 15 is 0 Å². The summed E-state index contributed by atoms with van der Waals surface area (Å²) in [4.78, 5) is 0. The molecule has 0 spiro atoms. The maximum atomic E-state index is 10.1. The van der Waals surface area contributed by atoms with Gasteiger partial charge in [0.2, 0.25) is 0 Å². The lowest BCUT2D eigenvalue weighted by Crippen LogP contribution is -2.06. The molecule has 1 nitrogen and oxygen atoms in total. The minimum absolute atomic E-state index is 0.573. The number of aliphatic hydroxyl groups excluding tert-OH is 1. The van der Waals surface area contributed by atoms with Crippen molar-refractivity contribution in [1.82, 2.24) is 0 Å². The predicted molar refractivity (Wildman–Crippen MR) is 84.9 cm³/mol. The fourth-order valence-electron chi connectivity index (χ4n) is 2.14. The summed E-state index contributed by atoms with van der Waals surface area (Å²) in [5, 5.41) is 13.4. The summed E-state index contributed by atoms with van der Waals surface area (Å²) < 4.78 is 1.26. The van der Waals surface area contributed by atoms with E-state index in [-0.39, 0.29) is 0 Å². The van der Waals surface area contributed by atoms with Gasteiger partial charge in [-0.25, -0.2) is 0 Å². The van der Waals surface area contributed by atoms with Crippen molar-refractivity contribution in [3.05, 3.63) is 71.1 Å². The Labute approximate surface area is 122 Å². The van der Waals surface area contributed by atoms with Crippen LogP contribution in [0.2, 0.25) is 0 Å². The molecule has 1 aromatic heterocycles. The molecule has 0 fully saturated rings. The molecular formula is C18H14OS. The standard InChI is InChI=1S/C18H14OS/c19-16(11-10-14-6-2-1-3-7-14)12-15-13-20-18-9-5-4-8-17(15)18/h1-9,13,16,19H,12H2. The lowest BCUT2D eigenvalue weighted by atomic mass is 10.1. The van der Waals surface area contributed by atoms with Gasteiger partial charge in [0.15, 0.2) is 0 Å². The molecule has 0 bridgehead atoms. The van der Waals surface area contributed by atoms with Gasteiger partial charge in [-0.05, 0) is 34.5 Å². The van der Waals surface area contributed by atoms with Crippen molar-refractivity contribution in [2.24, 2.45) is 0 Å². The van der Waals surface area contributed by atoms with E-state index in [4.69, 9.17) is 0 Å². The molecule has 2 aromatic carbocycles. The summed E-state index contributed by atoms with van der Waals surface area (Å²) in [6.07, 6.45) is -0.0580. The van der Waals surface area contributed by atoms with Crippen molar-refractivity contribution in [1.29, 1.82) is 0 Å². The molecule has 2 heteroatoms. The second-order valence-corrected chi connectivity index (χ2v) is 5.52. The monoisotopic (exact) mass is 278 g/mol. The van der Waals surface area contributed by atoms with Gasteiger partial charge in [-0.1, -0.05) is 48.2 Å². The maximum Gasteiger partial charge on any atom is 0.119 e. The van der Waals surface area contributed by atoms with Crippen LogP contribution in [-0.2, 0) is 6.42 Å². The molecule has 1 N–H and O–H groups in total. The summed E-state index contributed by atoms with van der Waals surface area (Å²) in [5.74, 6) is 5.92. The van der Waals surface area contributed by atoms with E-state index in [0.29, 0.717) is 6.42 Å². The van der Waals surface area contributed by atoms with Gasteiger partial charge >= 0.3 is 0 Å². The predicted octanol–water partition coefficient (Wildman–Crippen LogP) is 3.86. The second-order valence-electron chi connectivity index (χ2n) is 4.61. The van der Waals surface area contributed by atoms with Crippen LogP contribution < -0.4 is 0 Å². The molecule has 3 rings (SSSR count). The van der Waals surface area contributed by atoms with Crippen molar-refractivity contribution in [2.45, 2.75) is 12.5 Å². The average molecular weight is 278 g/mol. The number of rotatable bonds is 2. The Morgan fingerprint density at radius 2 is 1.75 bits per heavy atom. The molecular weight excluding hydrogens is 264 g/mol. The summed E-state index contributed by atoms with van der Waals surface area (Å²) in [7, 11) is 0. The number of hydrogen-bond acceptors (Lipinski definition) is 2. The summed E-state index contributed by atoms with van der Waals surface area (Å²) >= 11 is 1.71. The van der Waals surface area contributed by atoms with Crippen LogP contribution in [-0.4, -0.2) is 11.2 Å². The second kappa shape index (κ2) is 5.92. The first kappa shape index (κ1) is 12.9. The first-order valence-corrected chi connectivity index (χ1v) is 7.40. The van der Waals surface area contributed by atoms with Gasteiger partial charge in [-0.15, -0.1) is 11.3 Å². The highest BCUT2D eigenvalue weighted by Gasteiger charge is 2.07. The first-order valence-electron chi connectivity index (χ1n) is 6.53. The molecule has 0 saturated heterocycles. The molecule has 1 heterocycles. The van der Waals surface area contributed by atoms with Crippen LogP contribution in [0.25, 0.3) is 10.1 Å². The molecule has 0 amide bonds. The molecule has 0 aliphatic carbocycles. The molecule has 0 aliphatic heterocycles. The molecule has 1 atom stereocenters. The Hall–Kier alpha value is -2.08. The zero-order valence-corrected chi connectivity index (χ0v) is 11.7. The topological polar surface area (TPSA) is 20.2 Å². The fraction of sp³-hybridized carbons (Fsp3) is 0.111. The van der Waals surface area contributed by atoms with Gasteiger partial charge in [-0.3, -0.25) is 0 Å². The van der Waals surface area contributed by atoms with Gasteiger partial charge in [0, 0.05) is 16.7 Å². The summed E-state index contributed by atoms with van der Waals surface area (Å²) in [6.45, 7) is 0. The third kappa shape index (κ3) is 2.91. The molecule has 0 radical (unpaired) electrons. The van der Waals surface area contributed by atoms with Crippen LogP contribution in [0.4, 0.5) is 0 Å². The molecule has 0 saturated carbocycles. The van der Waals surface area contributed by atoms with Gasteiger partial charge in [0.1, 0.15) is 6.10 Å². The lowest BCUT2D eigenvalue weighted by molar-refractivity contribution is 0.234. The van der Waals surface area contributed by atoms with Crippen LogP contribution in [0.5, 0.6) is 0 Å². The first-order chi connectivity index (χ1) is 9.83. The number of benzene rings is 2. The normalized spacial score (nSPS) is 11.8. The van der Waals surface area contributed by atoms with Gasteiger partial charge in [0.25, 0.3) is 0 Å². The van der Waals surface area contributed by atoms with Crippen LogP contribution in [0.1, 0.15) is 11.1 Å². The van der Waals surface area contributed by atoms with E-state index in [0.717, 1.165) is 5.56 Å². The highest BCUT2D eigenvalue weighted by molar-refractivity contribution is 7.17. The zero-order valence-electron chi connectivity index (χ0n) is 10.9. The number of hydrogen-bond donors (Lipinski definition) is 1. The van der Waals surface area contributed by atoms with Crippen molar-refractivity contribution >= 4 is 21.4 Å². The molecule has 0 aliphatic rings. The van der Waals surface area contributed by atoms with E-state index in [1.807, 2.05) is 42.5 Å². The van der Waals surface area contributed by atoms with Crippen molar-refractivity contribution in [2.75, 3.05) is 0 Å². The van der Waals surface area contributed by atoms with Gasteiger partial charge in [0.05, 0.1) is 0 Å². The minimum atomic E-state index is -0.631. The Kier molecular flexibility index (Phi) is 3.83. The van der Waals surface area contributed by atoms with Crippen molar-refractivity contribution in [3.63, 3.8) is 0 Å². The molecule has 98 valence electrons. The summed E-state index contributed by atoms with van der Waals surface area (Å²) in [6, 6.07) is 18.0. The largest absolute Gasteiger partial charge is 0.380 e. The number of aliphatic hydroxyl groups is 1. The van der Waals surface area contributed by atoms with Crippen LogP contribution >= 0.6 is 11.3 Å². The minimum Gasteiger partial charge on any atom is -0.380 e. The quantitative estimate of drug-likeness (QED) is 0.706. The van der Waals surface area contributed by atoms with Gasteiger partial charge in [-0.2, -0.15) is 0 Å². The third-order valence-corrected chi connectivity index (χ3v) is 4.14. The highest BCUT2D eigenvalue weighted by atomic mass is 32.1. The van der Waals surface area contributed by atoms with Crippen LogP contribution in [0, 0.1) is 11.8 Å². The van der Waals surface area contributed by atoms with E-state index in [1.54, 1.807) is 11.3 Å². The summed E-state index contributed by atoms with van der Waals surface area (Å²) in [5.41, 5.74) is 2.10. The number of fused-ring (bicyclic) bond motifs is 1. The highest BCUT2D eigenvalue weighted by Crippen LogP contribution is 2.26. The molecule has 20 heavy (non-hydrogen) atoms. The third-order valence-electron chi connectivity index (χ3n) is 3.13. The number of thiophene rings is 1. The molecule has 1 unspecified atom stereocenters. The van der Waals surface area contributed by atoms with E-state index in [1.165, 1.54) is 15.6 Å². The zero-order chi connectivity index (χ0) is 13.8. The van der Waals surface area contributed by atoms with Crippen molar-refractivity contribution in [3.8, 4) is 11.8 Å². The van der Waals surface area contributed by atoms with Crippen LogP contribution in [0.15, 0.2) is 60.0 Å². The fourth-order valence-corrected chi connectivity index (χ4v) is 3.11. The average Bonchev–Trinajstić information content (AvgIpc) is 2.90. The smallest absolute Gasteiger partial charge is 0.119 e. The van der Waals surface area contributed by atoms with Crippen molar-refractivity contribution < 1.29 is 5.11 Å². The maximum absolute atomic E-state index is 10.1. The Morgan fingerprint density at radius 3 is 2.60 bits per heavy atom. The van der Waals surface area contributed by atoms with E-state index in [2.05, 4.69) is 29.4 Å². The Balaban J connectivity index is 1.77. The SMILES string of the molecule is OC(C#Cc1ccccc1)Cc1csc2ccccc12. The van der Waals surface area contributed by atoms with E-state index < -0.39 is 6.10 Å². The molecule has 3 aromatic rings.